The maximum atomic E-state index is 12.8. The average Bonchev–Trinajstić information content (AvgIpc) is 2.62. The van der Waals surface area contributed by atoms with Crippen LogP contribution in [-0.4, -0.2) is 23.8 Å². The molecule has 1 heterocycles. The summed E-state index contributed by atoms with van der Waals surface area (Å²) < 4.78 is 18.3. The number of anilines is 1. The summed E-state index contributed by atoms with van der Waals surface area (Å²) in [4.78, 5) is 35.7. The number of amides is 3. The van der Waals surface area contributed by atoms with Gasteiger partial charge in [-0.1, -0.05) is 24.3 Å². The Morgan fingerprint density at radius 2 is 1.73 bits per heavy atom. The Labute approximate surface area is 148 Å². The summed E-state index contributed by atoms with van der Waals surface area (Å²) in [5, 5.41) is 2.66. The predicted octanol–water partition coefficient (Wildman–Crippen LogP) is 1.31. The molecule has 0 saturated heterocycles. The number of carbonyl (C=O) groups is 3. The lowest BCUT2D eigenvalue weighted by molar-refractivity contribution is -0.133. The highest BCUT2D eigenvalue weighted by Gasteiger charge is 2.29. The number of ether oxygens (including phenoxy) is 1. The molecule has 0 radical (unpaired) electrons. The molecule has 134 valence electrons. The lowest BCUT2D eigenvalue weighted by Crippen LogP contribution is -2.46. The van der Waals surface area contributed by atoms with Crippen LogP contribution < -0.4 is 20.9 Å². The third kappa shape index (κ3) is 4.35. The second-order valence-electron chi connectivity index (χ2n) is 5.70. The van der Waals surface area contributed by atoms with Gasteiger partial charge < -0.3 is 10.1 Å². The minimum Gasteiger partial charge on any atom is -0.478 e. The van der Waals surface area contributed by atoms with Crippen LogP contribution in [0.25, 0.3) is 0 Å². The van der Waals surface area contributed by atoms with E-state index in [2.05, 4.69) is 16.2 Å². The number of nitrogens with one attached hydrogen (secondary N) is 3. The van der Waals surface area contributed by atoms with Crippen molar-refractivity contribution in [3.8, 4) is 5.75 Å². The van der Waals surface area contributed by atoms with Crippen molar-refractivity contribution < 1.29 is 23.5 Å². The van der Waals surface area contributed by atoms with Gasteiger partial charge in [-0.15, -0.1) is 0 Å². The zero-order valence-corrected chi connectivity index (χ0v) is 13.6. The molecule has 0 aromatic heterocycles. The van der Waals surface area contributed by atoms with E-state index in [-0.39, 0.29) is 12.8 Å². The van der Waals surface area contributed by atoms with Crippen LogP contribution in [0.1, 0.15) is 12.0 Å². The van der Waals surface area contributed by atoms with Gasteiger partial charge in [-0.05, 0) is 29.8 Å². The van der Waals surface area contributed by atoms with E-state index < -0.39 is 29.6 Å². The molecule has 1 atom stereocenters. The molecule has 1 aliphatic rings. The molecule has 0 aliphatic carbocycles. The smallest absolute Gasteiger partial charge is 0.266 e. The van der Waals surface area contributed by atoms with Crippen LogP contribution in [-0.2, 0) is 20.8 Å². The maximum Gasteiger partial charge on any atom is 0.266 e. The minimum absolute atomic E-state index is 0.0195. The van der Waals surface area contributed by atoms with Crippen LogP contribution >= 0.6 is 0 Å². The van der Waals surface area contributed by atoms with Gasteiger partial charge in [0.05, 0.1) is 18.5 Å². The zero-order chi connectivity index (χ0) is 18.5. The maximum absolute atomic E-state index is 12.8. The van der Waals surface area contributed by atoms with E-state index in [4.69, 9.17) is 4.74 Å². The standard InChI is InChI=1S/C18H16FN3O4/c19-12-7-5-11(6-8-12)9-16(23)21-22-17(24)10-15-18(25)20-13-3-1-2-4-14(13)26-15/h1-8,15H,9-10H2,(H,20,25)(H,21,23)(H,22,24)/t15-/m0/s1. The number of para-hydroxylation sites is 2. The second-order valence-corrected chi connectivity index (χ2v) is 5.70. The molecule has 1 aliphatic heterocycles. The molecule has 0 unspecified atom stereocenters. The monoisotopic (exact) mass is 357 g/mol. The summed E-state index contributed by atoms with van der Waals surface area (Å²) in [5.41, 5.74) is 5.63. The van der Waals surface area contributed by atoms with Crippen molar-refractivity contribution in [3.63, 3.8) is 0 Å². The van der Waals surface area contributed by atoms with Gasteiger partial charge in [0.2, 0.25) is 11.8 Å². The lowest BCUT2D eigenvalue weighted by atomic mass is 10.1. The zero-order valence-electron chi connectivity index (χ0n) is 13.6. The summed E-state index contributed by atoms with van der Waals surface area (Å²) in [6, 6.07) is 12.3. The van der Waals surface area contributed by atoms with Gasteiger partial charge in [-0.25, -0.2) is 4.39 Å². The average molecular weight is 357 g/mol. The lowest BCUT2D eigenvalue weighted by Gasteiger charge is -2.25. The molecule has 2 aromatic rings. The van der Waals surface area contributed by atoms with Gasteiger partial charge in [-0.3, -0.25) is 25.2 Å². The van der Waals surface area contributed by atoms with Gasteiger partial charge in [0.15, 0.2) is 6.10 Å². The molecule has 3 rings (SSSR count). The van der Waals surface area contributed by atoms with Gasteiger partial charge in [0.25, 0.3) is 5.91 Å². The third-order valence-corrected chi connectivity index (χ3v) is 3.70. The van der Waals surface area contributed by atoms with E-state index in [0.29, 0.717) is 17.0 Å². The molecular formula is C18H16FN3O4. The summed E-state index contributed by atoms with van der Waals surface area (Å²) in [7, 11) is 0. The summed E-state index contributed by atoms with van der Waals surface area (Å²) >= 11 is 0. The van der Waals surface area contributed by atoms with Crippen LogP contribution in [0.4, 0.5) is 10.1 Å². The van der Waals surface area contributed by atoms with Crippen molar-refractivity contribution in [1.82, 2.24) is 10.9 Å². The largest absolute Gasteiger partial charge is 0.478 e. The fraction of sp³-hybridized carbons (Fsp3) is 0.167. The Balaban J connectivity index is 1.47. The molecular weight excluding hydrogens is 341 g/mol. The number of hydrazine groups is 1. The van der Waals surface area contributed by atoms with Crippen molar-refractivity contribution in [1.29, 1.82) is 0 Å². The van der Waals surface area contributed by atoms with Gasteiger partial charge >= 0.3 is 0 Å². The number of hydrogen-bond donors (Lipinski definition) is 3. The number of halogens is 1. The van der Waals surface area contributed by atoms with Gasteiger partial charge in [0, 0.05) is 0 Å². The molecule has 26 heavy (non-hydrogen) atoms. The van der Waals surface area contributed by atoms with Crippen LogP contribution in [0.3, 0.4) is 0 Å². The fourth-order valence-electron chi connectivity index (χ4n) is 2.42. The van der Waals surface area contributed by atoms with Crippen LogP contribution in [0.15, 0.2) is 48.5 Å². The van der Waals surface area contributed by atoms with Crippen LogP contribution in [0.5, 0.6) is 5.75 Å². The molecule has 0 spiro atoms. The quantitative estimate of drug-likeness (QED) is 0.719. The first-order valence-electron chi connectivity index (χ1n) is 7.90. The van der Waals surface area contributed by atoms with Crippen LogP contribution in [0.2, 0.25) is 0 Å². The van der Waals surface area contributed by atoms with E-state index in [1.807, 2.05) is 0 Å². The summed E-state index contributed by atoms with van der Waals surface area (Å²) in [6.45, 7) is 0. The Morgan fingerprint density at radius 3 is 2.50 bits per heavy atom. The number of fused-ring (bicyclic) bond motifs is 1. The van der Waals surface area contributed by atoms with Crippen molar-refractivity contribution >= 4 is 23.4 Å². The minimum atomic E-state index is -0.987. The molecule has 7 nitrogen and oxygen atoms in total. The van der Waals surface area contributed by atoms with Crippen LogP contribution in [0, 0.1) is 5.82 Å². The number of carbonyl (C=O) groups excluding carboxylic acids is 3. The van der Waals surface area contributed by atoms with Crippen molar-refractivity contribution in [2.24, 2.45) is 0 Å². The Hall–Kier alpha value is -3.42. The summed E-state index contributed by atoms with van der Waals surface area (Å²) in [6.07, 6.45) is -1.26. The van der Waals surface area contributed by atoms with Crippen molar-refractivity contribution in [2.75, 3.05) is 5.32 Å². The highest BCUT2D eigenvalue weighted by Crippen LogP contribution is 2.29. The highest BCUT2D eigenvalue weighted by molar-refractivity contribution is 6.00. The predicted molar refractivity (Wildman–Crippen MR) is 90.5 cm³/mol. The highest BCUT2D eigenvalue weighted by atomic mass is 19.1. The molecule has 3 N–H and O–H groups in total. The van der Waals surface area contributed by atoms with Crippen molar-refractivity contribution in [2.45, 2.75) is 18.9 Å². The number of hydrogen-bond acceptors (Lipinski definition) is 4. The Morgan fingerprint density at radius 1 is 1.04 bits per heavy atom. The Bertz CT molecular complexity index is 839. The first kappa shape index (κ1) is 17.4. The Kier molecular flexibility index (Phi) is 5.12. The second kappa shape index (κ2) is 7.64. The topological polar surface area (TPSA) is 96.5 Å². The molecule has 0 fully saturated rings. The van der Waals surface area contributed by atoms with E-state index in [1.54, 1.807) is 24.3 Å². The normalized spacial score (nSPS) is 15.3. The van der Waals surface area contributed by atoms with Crippen molar-refractivity contribution in [3.05, 3.63) is 59.9 Å². The molecule has 8 heteroatoms. The van der Waals surface area contributed by atoms with E-state index >= 15 is 0 Å². The SMILES string of the molecule is O=C(Cc1ccc(F)cc1)NNC(=O)C[C@@H]1Oc2ccccc2NC1=O. The molecule has 0 saturated carbocycles. The van der Waals surface area contributed by atoms with E-state index in [0.717, 1.165) is 0 Å². The molecule has 0 bridgehead atoms. The first-order valence-corrected chi connectivity index (χ1v) is 7.90. The van der Waals surface area contributed by atoms with E-state index in [1.165, 1.54) is 24.3 Å². The number of rotatable bonds is 4. The molecule has 3 amide bonds. The first-order chi connectivity index (χ1) is 12.5. The summed E-state index contributed by atoms with van der Waals surface area (Å²) in [5.74, 6) is -1.39. The van der Waals surface area contributed by atoms with Gasteiger partial charge in [0.1, 0.15) is 11.6 Å². The number of benzene rings is 2. The van der Waals surface area contributed by atoms with Gasteiger partial charge in [-0.2, -0.15) is 0 Å². The van der Waals surface area contributed by atoms with E-state index in [9.17, 15) is 18.8 Å². The third-order valence-electron chi connectivity index (χ3n) is 3.70. The fourth-order valence-corrected chi connectivity index (χ4v) is 2.42. The molecule has 2 aromatic carbocycles.